The van der Waals surface area contributed by atoms with Crippen molar-refractivity contribution in [1.29, 1.82) is 0 Å². The van der Waals surface area contributed by atoms with Crippen molar-refractivity contribution in [1.82, 2.24) is 0 Å². The summed E-state index contributed by atoms with van der Waals surface area (Å²) in [6.07, 6.45) is 5.13. The highest BCUT2D eigenvalue weighted by molar-refractivity contribution is 5.64. The third-order valence-electron chi connectivity index (χ3n) is 2.63. The number of nitrogens with two attached hydrogens (primary N) is 1. The van der Waals surface area contributed by atoms with E-state index in [1.54, 1.807) is 0 Å². The van der Waals surface area contributed by atoms with Gasteiger partial charge in [0.15, 0.2) is 0 Å². The lowest BCUT2D eigenvalue weighted by Crippen LogP contribution is -2.31. The Bertz CT molecular complexity index is 159. The largest absolute Gasteiger partial charge is 0.446 e. The van der Waals surface area contributed by atoms with E-state index in [0.29, 0.717) is 5.92 Å². The van der Waals surface area contributed by atoms with Crippen molar-refractivity contribution in [3.63, 3.8) is 0 Å². The smallest absolute Gasteiger partial charge is 0.404 e. The van der Waals surface area contributed by atoms with Crippen LogP contribution >= 0.6 is 0 Å². The minimum Gasteiger partial charge on any atom is -0.446 e. The monoisotopic (exact) mass is 171 g/mol. The second-order valence-electron chi connectivity index (χ2n) is 3.43. The molecule has 0 aromatic rings. The first kappa shape index (κ1) is 9.36. The predicted octanol–water partition coefficient (Wildman–Crippen LogP) is 2.05. The molecule has 1 aliphatic carbocycles. The van der Waals surface area contributed by atoms with Crippen LogP contribution in [0.1, 0.15) is 39.0 Å². The Kier molecular flexibility index (Phi) is 3.38. The van der Waals surface area contributed by atoms with Crippen LogP contribution in [0, 0.1) is 5.92 Å². The SMILES string of the molecule is CCC1CCCCC1OC(N)=O. The second kappa shape index (κ2) is 4.33. The first-order chi connectivity index (χ1) is 5.74. The number of carbonyl (C=O) groups excluding carboxylic acids is 1. The third-order valence-corrected chi connectivity index (χ3v) is 2.63. The molecule has 1 aliphatic rings. The van der Waals surface area contributed by atoms with Crippen LogP contribution in [0.4, 0.5) is 4.79 Å². The Hall–Kier alpha value is -0.730. The summed E-state index contributed by atoms with van der Waals surface area (Å²) < 4.78 is 5.03. The average Bonchev–Trinajstić information content (AvgIpc) is 2.04. The molecular weight excluding hydrogens is 154 g/mol. The molecule has 1 saturated carbocycles. The molecule has 2 unspecified atom stereocenters. The van der Waals surface area contributed by atoms with E-state index in [1.165, 1.54) is 12.8 Å². The van der Waals surface area contributed by atoms with E-state index in [9.17, 15) is 4.79 Å². The van der Waals surface area contributed by atoms with Gasteiger partial charge in [0.1, 0.15) is 6.10 Å². The van der Waals surface area contributed by atoms with Gasteiger partial charge in [0, 0.05) is 0 Å². The molecule has 1 rings (SSSR count). The quantitative estimate of drug-likeness (QED) is 0.691. The van der Waals surface area contributed by atoms with Crippen molar-refractivity contribution in [3.05, 3.63) is 0 Å². The maximum Gasteiger partial charge on any atom is 0.404 e. The van der Waals surface area contributed by atoms with Crippen molar-refractivity contribution in [2.24, 2.45) is 11.7 Å². The topological polar surface area (TPSA) is 52.3 Å². The summed E-state index contributed by atoms with van der Waals surface area (Å²) in [7, 11) is 0. The zero-order valence-electron chi connectivity index (χ0n) is 7.58. The summed E-state index contributed by atoms with van der Waals surface area (Å²) in [6.45, 7) is 2.13. The van der Waals surface area contributed by atoms with Crippen molar-refractivity contribution >= 4 is 6.09 Å². The van der Waals surface area contributed by atoms with Crippen LogP contribution in [0.3, 0.4) is 0 Å². The predicted molar refractivity (Wildman–Crippen MR) is 46.7 cm³/mol. The fourth-order valence-corrected chi connectivity index (χ4v) is 1.95. The number of amides is 1. The van der Waals surface area contributed by atoms with E-state index < -0.39 is 6.09 Å². The normalized spacial score (nSPS) is 29.8. The summed E-state index contributed by atoms with van der Waals surface area (Å²) in [6, 6.07) is 0. The minimum absolute atomic E-state index is 0.0845. The van der Waals surface area contributed by atoms with Crippen LogP contribution in [-0.4, -0.2) is 12.2 Å². The number of hydrogen-bond donors (Lipinski definition) is 1. The van der Waals surface area contributed by atoms with Crippen LogP contribution in [0.2, 0.25) is 0 Å². The molecule has 3 nitrogen and oxygen atoms in total. The molecule has 12 heavy (non-hydrogen) atoms. The van der Waals surface area contributed by atoms with E-state index in [-0.39, 0.29) is 6.10 Å². The summed E-state index contributed by atoms with van der Waals surface area (Å²) >= 11 is 0. The maximum atomic E-state index is 10.5. The van der Waals surface area contributed by atoms with Crippen molar-refractivity contribution in [2.75, 3.05) is 0 Å². The standard InChI is InChI=1S/C9H17NO2/c1-2-7-5-3-4-6-8(7)12-9(10)11/h7-8H,2-6H2,1H3,(H2,10,11). The van der Waals surface area contributed by atoms with Crippen molar-refractivity contribution in [2.45, 2.75) is 45.1 Å². The van der Waals surface area contributed by atoms with E-state index in [0.717, 1.165) is 19.3 Å². The molecule has 0 spiro atoms. The zero-order chi connectivity index (χ0) is 8.97. The zero-order valence-corrected chi connectivity index (χ0v) is 7.58. The number of primary amides is 1. The van der Waals surface area contributed by atoms with Gasteiger partial charge >= 0.3 is 6.09 Å². The van der Waals surface area contributed by atoms with E-state index in [1.807, 2.05) is 0 Å². The van der Waals surface area contributed by atoms with Gasteiger partial charge < -0.3 is 10.5 Å². The lowest BCUT2D eigenvalue weighted by atomic mass is 9.85. The van der Waals surface area contributed by atoms with Gasteiger partial charge in [0.2, 0.25) is 0 Å². The van der Waals surface area contributed by atoms with Gasteiger partial charge in [-0.25, -0.2) is 4.79 Å². The fourth-order valence-electron chi connectivity index (χ4n) is 1.95. The third kappa shape index (κ3) is 2.40. The molecule has 0 aliphatic heterocycles. The van der Waals surface area contributed by atoms with Crippen LogP contribution in [0.25, 0.3) is 0 Å². The van der Waals surface area contributed by atoms with E-state index >= 15 is 0 Å². The molecule has 2 atom stereocenters. The molecule has 0 heterocycles. The van der Waals surface area contributed by atoms with Gasteiger partial charge in [-0.3, -0.25) is 0 Å². The highest BCUT2D eigenvalue weighted by Gasteiger charge is 2.25. The molecule has 1 amide bonds. The Morgan fingerprint density at radius 1 is 1.50 bits per heavy atom. The Morgan fingerprint density at radius 2 is 2.17 bits per heavy atom. The minimum atomic E-state index is -0.625. The van der Waals surface area contributed by atoms with Gasteiger partial charge in [-0.2, -0.15) is 0 Å². The summed E-state index contributed by atoms with van der Waals surface area (Å²) in [5.74, 6) is 0.534. The first-order valence-corrected chi connectivity index (χ1v) is 4.70. The summed E-state index contributed by atoms with van der Waals surface area (Å²) in [5.41, 5.74) is 4.98. The maximum absolute atomic E-state index is 10.5. The lowest BCUT2D eigenvalue weighted by molar-refractivity contribution is 0.0416. The molecule has 70 valence electrons. The Morgan fingerprint density at radius 3 is 2.75 bits per heavy atom. The summed E-state index contributed by atoms with van der Waals surface area (Å²) in [5, 5.41) is 0. The number of ether oxygens (including phenoxy) is 1. The number of carbonyl (C=O) groups is 1. The Labute approximate surface area is 73.3 Å². The Balaban J connectivity index is 2.41. The van der Waals surface area contributed by atoms with Gasteiger partial charge in [-0.15, -0.1) is 0 Å². The molecule has 1 fully saturated rings. The first-order valence-electron chi connectivity index (χ1n) is 4.70. The molecule has 0 radical (unpaired) electrons. The van der Waals surface area contributed by atoms with Gasteiger partial charge in [0.25, 0.3) is 0 Å². The molecule has 2 N–H and O–H groups in total. The van der Waals surface area contributed by atoms with Crippen molar-refractivity contribution < 1.29 is 9.53 Å². The van der Waals surface area contributed by atoms with E-state index in [4.69, 9.17) is 10.5 Å². The lowest BCUT2D eigenvalue weighted by Gasteiger charge is -2.29. The molecule has 3 heteroatoms. The number of hydrogen-bond acceptors (Lipinski definition) is 2. The highest BCUT2D eigenvalue weighted by atomic mass is 16.6. The van der Waals surface area contributed by atoms with Crippen molar-refractivity contribution in [3.8, 4) is 0 Å². The number of rotatable bonds is 2. The highest BCUT2D eigenvalue weighted by Crippen LogP contribution is 2.28. The molecular formula is C9H17NO2. The van der Waals surface area contributed by atoms with Gasteiger partial charge in [-0.05, 0) is 31.6 Å². The van der Waals surface area contributed by atoms with Crippen LogP contribution in [0.15, 0.2) is 0 Å². The van der Waals surface area contributed by atoms with Crippen LogP contribution < -0.4 is 5.73 Å². The van der Waals surface area contributed by atoms with Crippen LogP contribution in [-0.2, 0) is 4.74 Å². The molecule has 0 aromatic heterocycles. The average molecular weight is 171 g/mol. The second-order valence-corrected chi connectivity index (χ2v) is 3.43. The fraction of sp³-hybridized carbons (Fsp3) is 0.889. The van der Waals surface area contributed by atoms with Gasteiger partial charge in [0.05, 0.1) is 0 Å². The molecule has 0 bridgehead atoms. The van der Waals surface area contributed by atoms with E-state index in [2.05, 4.69) is 6.92 Å². The van der Waals surface area contributed by atoms with Crippen LogP contribution in [0.5, 0.6) is 0 Å². The summed E-state index contributed by atoms with van der Waals surface area (Å²) in [4.78, 5) is 10.5. The molecule has 0 saturated heterocycles. The molecule has 0 aromatic carbocycles. The van der Waals surface area contributed by atoms with Gasteiger partial charge in [-0.1, -0.05) is 13.3 Å².